The van der Waals surface area contributed by atoms with Crippen LogP contribution in [0.1, 0.15) is 12.1 Å². The zero-order valence-electron chi connectivity index (χ0n) is 19.8. The summed E-state index contributed by atoms with van der Waals surface area (Å²) in [6.45, 7) is 3.75. The van der Waals surface area contributed by atoms with Gasteiger partial charge in [-0.1, -0.05) is 12.1 Å². The number of carbonyl (C=O) groups excluding carboxylic acids is 1. The van der Waals surface area contributed by atoms with E-state index >= 15 is 0 Å². The maximum Gasteiger partial charge on any atom is 0.213 e. The number of halogens is 2. The molecule has 3 heterocycles. The average Bonchev–Trinajstić information content (AvgIpc) is 2.86. The summed E-state index contributed by atoms with van der Waals surface area (Å²) in [7, 11) is 3.67. The number of nitrogens with zero attached hydrogens (tertiary/aromatic N) is 6. The van der Waals surface area contributed by atoms with E-state index in [1.54, 1.807) is 19.3 Å². The minimum Gasteiger partial charge on any atom is -0.371 e. The van der Waals surface area contributed by atoms with Crippen molar-refractivity contribution >= 4 is 18.6 Å². The summed E-state index contributed by atoms with van der Waals surface area (Å²) in [6, 6.07) is 4.31. The molecule has 2 aliphatic rings. The van der Waals surface area contributed by atoms with Crippen molar-refractivity contribution in [2.24, 2.45) is 16.0 Å². The topological polar surface area (TPSA) is 88.2 Å². The molecular weight excluding hydrogens is 452 g/mol. The summed E-state index contributed by atoms with van der Waals surface area (Å²) in [4.78, 5) is 25.2. The van der Waals surface area contributed by atoms with Crippen LogP contribution in [0.4, 0.5) is 8.78 Å². The minimum absolute atomic E-state index is 0.0133. The Morgan fingerprint density at radius 1 is 1.26 bits per heavy atom. The van der Waals surface area contributed by atoms with E-state index in [0.29, 0.717) is 24.1 Å². The zero-order valence-corrected chi connectivity index (χ0v) is 19.8. The second-order valence-electron chi connectivity index (χ2n) is 8.24. The van der Waals surface area contributed by atoms with Gasteiger partial charge in [0.15, 0.2) is 0 Å². The fourth-order valence-corrected chi connectivity index (χ4v) is 3.79. The number of carbonyl (C=O) groups is 1. The molecule has 1 aromatic heterocycles. The monoisotopic (exact) mass is 481 g/mol. The van der Waals surface area contributed by atoms with E-state index in [1.807, 2.05) is 6.20 Å². The van der Waals surface area contributed by atoms with Crippen LogP contribution in [-0.4, -0.2) is 72.5 Å². The van der Waals surface area contributed by atoms with Crippen molar-refractivity contribution in [3.8, 4) is 0 Å². The van der Waals surface area contributed by atoms with Crippen LogP contribution in [0, 0.1) is 17.4 Å². The normalized spacial score (nSPS) is 20.2. The molecule has 184 valence electrons. The molecule has 0 radical (unpaired) electrons. The fraction of sp³-hybridized carbons (Fsp3) is 0.320. The van der Waals surface area contributed by atoms with Gasteiger partial charge in [-0.15, -0.1) is 0 Å². The molecule has 8 nitrogen and oxygen atoms in total. The van der Waals surface area contributed by atoms with Crippen LogP contribution in [0.5, 0.6) is 0 Å². The third-order valence-electron chi connectivity index (χ3n) is 5.76. The van der Waals surface area contributed by atoms with Gasteiger partial charge < -0.3 is 14.7 Å². The molecule has 0 aromatic carbocycles. The fourth-order valence-electron chi connectivity index (χ4n) is 3.79. The summed E-state index contributed by atoms with van der Waals surface area (Å²) in [5.41, 5.74) is 9.47. The molecular formula is C25H29F2N7O. The van der Waals surface area contributed by atoms with E-state index < -0.39 is 11.8 Å². The number of hydrogen-bond acceptors (Lipinski definition) is 8. The summed E-state index contributed by atoms with van der Waals surface area (Å²) in [6.07, 6.45) is 11.3. The summed E-state index contributed by atoms with van der Waals surface area (Å²) < 4.78 is 28.1. The lowest BCUT2D eigenvalue weighted by atomic mass is 9.98. The maximum atomic E-state index is 14.9. The van der Waals surface area contributed by atoms with Crippen molar-refractivity contribution in [3.05, 3.63) is 83.4 Å². The predicted molar refractivity (Wildman–Crippen MR) is 131 cm³/mol. The minimum atomic E-state index is -0.692. The first-order valence-electron chi connectivity index (χ1n) is 11.2. The number of piperazine rings is 1. The maximum absolute atomic E-state index is 14.9. The van der Waals surface area contributed by atoms with Gasteiger partial charge in [0, 0.05) is 76.0 Å². The first kappa shape index (κ1) is 25.8. The number of nitrogens with one attached hydrogen (secondary N) is 1. The Hall–Kier alpha value is -3.79. The van der Waals surface area contributed by atoms with E-state index in [1.165, 1.54) is 35.4 Å². The molecule has 3 rings (SSSR count). The Bertz CT molecular complexity index is 1100. The predicted octanol–water partition coefficient (Wildman–Crippen LogP) is 4.15. The Kier molecular flexibility index (Phi) is 9.31. The van der Waals surface area contributed by atoms with E-state index in [9.17, 15) is 13.6 Å². The smallest absolute Gasteiger partial charge is 0.213 e. The number of allylic oxidation sites excluding steroid dienone is 6. The number of aromatic nitrogens is 1. The van der Waals surface area contributed by atoms with Crippen molar-refractivity contribution in [1.82, 2.24) is 19.7 Å². The lowest BCUT2D eigenvalue weighted by Gasteiger charge is -2.36. The molecule has 1 fully saturated rings. The number of pyridine rings is 1. The molecule has 0 spiro atoms. The Morgan fingerprint density at radius 3 is 2.71 bits per heavy atom. The van der Waals surface area contributed by atoms with Crippen LogP contribution >= 0.6 is 0 Å². The Morgan fingerprint density at radius 2 is 2.03 bits per heavy atom. The third-order valence-corrected chi connectivity index (χ3v) is 5.76. The van der Waals surface area contributed by atoms with E-state index in [0.717, 1.165) is 44.0 Å². The van der Waals surface area contributed by atoms with Gasteiger partial charge in [0.25, 0.3) is 0 Å². The summed E-state index contributed by atoms with van der Waals surface area (Å²) in [5.74, 6) is -1.58. The highest BCUT2D eigenvalue weighted by Gasteiger charge is 2.24. The molecule has 1 saturated heterocycles. The second-order valence-corrected chi connectivity index (χ2v) is 8.24. The number of hydrogen-bond donors (Lipinski definition) is 1. The van der Waals surface area contributed by atoms with Crippen molar-refractivity contribution in [2.75, 3.05) is 40.3 Å². The molecule has 1 aromatic rings. The first-order valence-corrected chi connectivity index (χ1v) is 11.2. The van der Waals surface area contributed by atoms with Crippen molar-refractivity contribution in [3.63, 3.8) is 0 Å². The van der Waals surface area contributed by atoms with Crippen molar-refractivity contribution in [1.29, 1.82) is 5.53 Å². The molecule has 0 saturated carbocycles. The van der Waals surface area contributed by atoms with Crippen LogP contribution < -0.4 is 0 Å². The highest BCUT2D eigenvalue weighted by Crippen LogP contribution is 2.27. The van der Waals surface area contributed by atoms with E-state index in [-0.39, 0.29) is 11.6 Å². The van der Waals surface area contributed by atoms with Gasteiger partial charge in [0.1, 0.15) is 12.1 Å². The number of likely N-dealkylation sites (N-methyl/N-ethyl adjacent to an activating group) is 2. The highest BCUT2D eigenvalue weighted by atomic mass is 19.1. The van der Waals surface area contributed by atoms with Gasteiger partial charge in [-0.05, 0) is 31.3 Å². The van der Waals surface area contributed by atoms with Crippen molar-refractivity contribution in [2.45, 2.75) is 6.42 Å². The zero-order chi connectivity index (χ0) is 25.2. The van der Waals surface area contributed by atoms with Crippen LogP contribution in [-0.2, 0) is 4.79 Å². The van der Waals surface area contributed by atoms with Crippen LogP contribution in [0.25, 0.3) is 6.08 Å². The van der Waals surface area contributed by atoms with Gasteiger partial charge in [0.05, 0.1) is 17.1 Å². The lowest BCUT2D eigenvalue weighted by Crippen LogP contribution is -2.44. The number of aldehydes is 1. The number of rotatable bonds is 9. The standard InChI is InChI=1S/C25H29F2N7O/c1-32-10-12-34(13-11-32)21-15-19(16-29-17-21)23(31-28)18-33(2)24(9-14-35)22(26)7-3-5-20-6-4-8-25(27)30-20/h3-9,14,16-19,28H,10-13,15H2,1-2H3/b5-3+,22-7+,23-18-,24-9+,31-28?. The molecule has 1 unspecified atom stereocenters. The number of aliphatic imine (C=N–C) groups is 1. The molecule has 0 aliphatic carbocycles. The molecule has 0 amide bonds. The highest BCUT2D eigenvalue weighted by molar-refractivity contribution is 5.69. The van der Waals surface area contributed by atoms with Gasteiger partial charge >= 0.3 is 0 Å². The SMILES string of the molecule is CN1CCN(C2=CN=CC(/C(=C/N(C)C(=C/C=O)/C(F)=C\C=C\c3cccc(F)n3)N=N)C2)CC1. The van der Waals surface area contributed by atoms with Crippen LogP contribution in [0.3, 0.4) is 0 Å². The average molecular weight is 482 g/mol. The first-order chi connectivity index (χ1) is 16.9. The molecule has 35 heavy (non-hydrogen) atoms. The largest absolute Gasteiger partial charge is 0.371 e. The lowest BCUT2D eigenvalue weighted by molar-refractivity contribution is -0.104. The van der Waals surface area contributed by atoms with E-state index in [2.05, 4.69) is 31.9 Å². The van der Waals surface area contributed by atoms with Crippen molar-refractivity contribution < 1.29 is 13.6 Å². The third kappa shape index (κ3) is 7.35. The Balaban J connectivity index is 1.73. The van der Waals surface area contributed by atoms with Gasteiger partial charge in [-0.25, -0.2) is 14.9 Å². The van der Waals surface area contributed by atoms with Gasteiger partial charge in [-0.2, -0.15) is 9.50 Å². The van der Waals surface area contributed by atoms with E-state index in [4.69, 9.17) is 5.53 Å². The molecule has 10 heteroatoms. The molecule has 0 bridgehead atoms. The van der Waals surface area contributed by atoms with Gasteiger partial charge in [0.2, 0.25) is 5.95 Å². The molecule has 1 N–H and O–H groups in total. The van der Waals surface area contributed by atoms with Gasteiger partial charge in [-0.3, -0.25) is 9.79 Å². The quantitative estimate of drug-likeness (QED) is 0.188. The molecule has 1 atom stereocenters. The summed E-state index contributed by atoms with van der Waals surface area (Å²) >= 11 is 0. The van der Waals surface area contributed by atoms with Crippen LogP contribution in [0.15, 0.2) is 81.9 Å². The molecule has 2 aliphatic heterocycles. The summed E-state index contributed by atoms with van der Waals surface area (Å²) in [5, 5.41) is 3.66. The van der Waals surface area contributed by atoms with Crippen LogP contribution in [0.2, 0.25) is 0 Å². The second kappa shape index (κ2) is 12.6. The Labute approximate surface area is 203 Å².